The van der Waals surface area contributed by atoms with Gasteiger partial charge < -0.3 is 10.0 Å². The van der Waals surface area contributed by atoms with Gasteiger partial charge in [0.15, 0.2) is 0 Å². The molecule has 18 heavy (non-hydrogen) atoms. The van der Waals surface area contributed by atoms with Crippen LogP contribution in [0.5, 0.6) is 0 Å². The summed E-state index contributed by atoms with van der Waals surface area (Å²) in [6, 6.07) is 0. The molecule has 0 saturated carbocycles. The van der Waals surface area contributed by atoms with E-state index in [1.54, 1.807) is 18.7 Å². The molecule has 0 aromatic rings. The molecule has 0 aromatic heterocycles. The Morgan fingerprint density at radius 1 is 1.39 bits per heavy atom. The molecule has 1 rings (SSSR count). The van der Waals surface area contributed by atoms with E-state index in [4.69, 9.17) is 5.11 Å². The molecule has 0 radical (unpaired) electrons. The minimum atomic E-state index is -4.14. The molecule has 1 heterocycles. The van der Waals surface area contributed by atoms with Crippen LogP contribution in [-0.2, 0) is 4.79 Å². The smallest absolute Gasteiger partial charge is 0.390 e. The number of carboxylic acids is 1. The van der Waals surface area contributed by atoms with Crippen molar-refractivity contribution in [3.63, 3.8) is 0 Å². The second-order valence-electron chi connectivity index (χ2n) is 5.53. The molecule has 1 aliphatic heterocycles. The number of alkyl halides is 3. The van der Waals surface area contributed by atoms with E-state index in [1.807, 2.05) is 0 Å². The number of carboxylic acid groups (broad SMARTS) is 1. The van der Waals surface area contributed by atoms with Gasteiger partial charge in [0, 0.05) is 13.1 Å². The first-order valence-corrected chi connectivity index (χ1v) is 6.15. The van der Waals surface area contributed by atoms with Crippen LogP contribution in [0.3, 0.4) is 0 Å². The first-order valence-electron chi connectivity index (χ1n) is 6.15. The molecular weight excluding hydrogens is 247 g/mol. The summed E-state index contributed by atoms with van der Waals surface area (Å²) < 4.78 is 36.4. The zero-order valence-electron chi connectivity index (χ0n) is 10.8. The van der Waals surface area contributed by atoms with Crippen LogP contribution in [0.25, 0.3) is 0 Å². The molecule has 0 amide bonds. The number of halogens is 3. The van der Waals surface area contributed by atoms with Crippen LogP contribution >= 0.6 is 0 Å². The van der Waals surface area contributed by atoms with Crippen LogP contribution in [0, 0.1) is 11.3 Å². The van der Waals surface area contributed by atoms with Gasteiger partial charge in [0.2, 0.25) is 0 Å². The Morgan fingerprint density at radius 3 is 2.50 bits per heavy atom. The summed E-state index contributed by atoms with van der Waals surface area (Å²) in [6.45, 7) is 4.33. The minimum Gasteiger partial charge on any atom is -0.481 e. The summed E-state index contributed by atoms with van der Waals surface area (Å²) >= 11 is 0. The average Bonchev–Trinajstić information content (AvgIpc) is 2.25. The van der Waals surface area contributed by atoms with Crippen molar-refractivity contribution in [2.24, 2.45) is 11.3 Å². The molecule has 1 saturated heterocycles. The number of hydrogen-bond donors (Lipinski definition) is 1. The second kappa shape index (κ2) is 5.47. The topological polar surface area (TPSA) is 40.5 Å². The van der Waals surface area contributed by atoms with Crippen molar-refractivity contribution in [3.05, 3.63) is 0 Å². The fraction of sp³-hybridized carbons (Fsp3) is 0.917. The van der Waals surface area contributed by atoms with Gasteiger partial charge in [-0.1, -0.05) is 0 Å². The second-order valence-corrected chi connectivity index (χ2v) is 5.53. The number of piperidine rings is 1. The first kappa shape index (κ1) is 15.3. The van der Waals surface area contributed by atoms with Gasteiger partial charge in [0.25, 0.3) is 0 Å². The number of rotatable bonds is 4. The van der Waals surface area contributed by atoms with E-state index in [9.17, 15) is 18.0 Å². The van der Waals surface area contributed by atoms with E-state index < -0.39 is 24.0 Å². The van der Waals surface area contributed by atoms with Crippen molar-refractivity contribution in [3.8, 4) is 0 Å². The molecule has 106 valence electrons. The molecule has 1 fully saturated rings. The largest absolute Gasteiger partial charge is 0.481 e. The molecule has 0 spiro atoms. The Hall–Kier alpha value is -0.780. The molecule has 6 heteroatoms. The van der Waals surface area contributed by atoms with Crippen LogP contribution in [0.1, 0.15) is 33.1 Å². The van der Waals surface area contributed by atoms with Gasteiger partial charge in [-0.2, -0.15) is 13.2 Å². The summed E-state index contributed by atoms with van der Waals surface area (Å²) in [4.78, 5) is 12.9. The monoisotopic (exact) mass is 267 g/mol. The van der Waals surface area contributed by atoms with Crippen molar-refractivity contribution < 1.29 is 23.1 Å². The summed E-state index contributed by atoms with van der Waals surface area (Å²) in [5, 5.41) is 9.14. The van der Waals surface area contributed by atoms with Gasteiger partial charge in [0.1, 0.15) is 0 Å². The predicted molar refractivity (Wildman–Crippen MR) is 61.3 cm³/mol. The maximum Gasteiger partial charge on any atom is 0.390 e. The van der Waals surface area contributed by atoms with Gasteiger partial charge in [-0.3, -0.25) is 4.79 Å². The third-order valence-corrected chi connectivity index (χ3v) is 3.79. The zero-order valence-corrected chi connectivity index (χ0v) is 10.8. The van der Waals surface area contributed by atoms with Crippen LogP contribution < -0.4 is 0 Å². The maximum atomic E-state index is 12.1. The number of aliphatic carboxylic acids is 1. The number of likely N-dealkylation sites (tertiary alicyclic amines) is 1. The van der Waals surface area contributed by atoms with Gasteiger partial charge in [-0.15, -0.1) is 0 Å². The Labute approximate surface area is 105 Å². The van der Waals surface area contributed by atoms with Gasteiger partial charge in [-0.05, 0) is 39.2 Å². The molecule has 1 N–H and O–H groups in total. The van der Waals surface area contributed by atoms with Crippen molar-refractivity contribution in [2.45, 2.75) is 39.3 Å². The molecule has 1 aliphatic rings. The van der Waals surface area contributed by atoms with Crippen LogP contribution in [0.2, 0.25) is 0 Å². The quantitative estimate of drug-likeness (QED) is 0.851. The van der Waals surface area contributed by atoms with Crippen molar-refractivity contribution in [2.75, 3.05) is 19.6 Å². The maximum absolute atomic E-state index is 12.1. The summed E-state index contributed by atoms with van der Waals surface area (Å²) in [5.41, 5.74) is -0.878. The summed E-state index contributed by atoms with van der Waals surface area (Å²) in [5.74, 6) is -0.970. The highest BCUT2D eigenvalue weighted by molar-refractivity contribution is 5.74. The lowest BCUT2D eigenvalue weighted by molar-refractivity contribution is -0.153. The van der Waals surface area contributed by atoms with Crippen molar-refractivity contribution in [1.29, 1.82) is 0 Å². The van der Waals surface area contributed by atoms with Crippen molar-refractivity contribution in [1.82, 2.24) is 4.90 Å². The van der Waals surface area contributed by atoms with E-state index in [1.165, 1.54) is 0 Å². The van der Waals surface area contributed by atoms with Crippen LogP contribution in [-0.4, -0.2) is 41.8 Å². The van der Waals surface area contributed by atoms with Crippen molar-refractivity contribution >= 4 is 5.97 Å². The van der Waals surface area contributed by atoms with Gasteiger partial charge in [-0.25, -0.2) is 0 Å². The van der Waals surface area contributed by atoms with E-state index in [-0.39, 0.29) is 12.5 Å². The van der Waals surface area contributed by atoms with Gasteiger partial charge >= 0.3 is 12.1 Å². The molecular formula is C12H20F3NO2. The highest BCUT2D eigenvalue weighted by Gasteiger charge is 2.39. The summed E-state index contributed by atoms with van der Waals surface area (Å²) in [6.07, 6.45) is -3.44. The van der Waals surface area contributed by atoms with Crippen LogP contribution in [0.4, 0.5) is 13.2 Å². The molecule has 0 aliphatic carbocycles. The first-order chi connectivity index (χ1) is 8.13. The number of carbonyl (C=O) groups is 1. The number of nitrogens with zero attached hydrogens (tertiary/aromatic N) is 1. The molecule has 1 unspecified atom stereocenters. The standard InChI is InChI=1S/C12H20F3NO2/c1-11(2,10(17)18)9-4-3-6-16(8-9)7-5-12(13,14)15/h9H,3-8H2,1-2H3,(H,17,18). The zero-order chi connectivity index (χ0) is 14.0. The fourth-order valence-corrected chi connectivity index (χ4v) is 2.31. The van der Waals surface area contributed by atoms with Crippen LogP contribution in [0.15, 0.2) is 0 Å². The van der Waals surface area contributed by atoms with E-state index in [0.717, 1.165) is 12.8 Å². The van der Waals surface area contributed by atoms with E-state index in [0.29, 0.717) is 13.1 Å². The lowest BCUT2D eigenvalue weighted by Crippen LogP contribution is -2.45. The van der Waals surface area contributed by atoms with Gasteiger partial charge in [0.05, 0.1) is 11.8 Å². The van der Waals surface area contributed by atoms with E-state index in [2.05, 4.69) is 0 Å². The fourth-order valence-electron chi connectivity index (χ4n) is 2.31. The third-order valence-electron chi connectivity index (χ3n) is 3.79. The average molecular weight is 267 g/mol. The third kappa shape index (κ3) is 4.15. The lowest BCUT2D eigenvalue weighted by Gasteiger charge is -2.39. The number of hydrogen-bond acceptors (Lipinski definition) is 2. The predicted octanol–water partition coefficient (Wildman–Crippen LogP) is 2.76. The highest BCUT2D eigenvalue weighted by Crippen LogP contribution is 2.34. The normalized spacial score (nSPS) is 23.1. The Morgan fingerprint density at radius 2 is 2.00 bits per heavy atom. The highest BCUT2D eigenvalue weighted by atomic mass is 19.4. The molecule has 3 nitrogen and oxygen atoms in total. The molecule has 0 bridgehead atoms. The Kier molecular flexibility index (Phi) is 4.64. The molecule has 1 atom stereocenters. The Balaban J connectivity index is 2.54. The summed E-state index contributed by atoms with van der Waals surface area (Å²) in [7, 11) is 0. The molecule has 0 aromatic carbocycles. The van der Waals surface area contributed by atoms with E-state index >= 15 is 0 Å². The lowest BCUT2D eigenvalue weighted by atomic mass is 9.74. The Bertz CT molecular complexity index is 302. The minimum absolute atomic E-state index is 0.0320. The SMILES string of the molecule is CC(C)(C(=O)O)C1CCCN(CCC(F)(F)F)C1.